The van der Waals surface area contributed by atoms with Gasteiger partial charge in [0.2, 0.25) is 5.91 Å². The highest BCUT2D eigenvalue weighted by atomic mass is 32.2. The second-order valence-corrected chi connectivity index (χ2v) is 12.1. The summed E-state index contributed by atoms with van der Waals surface area (Å²) in [6, 6.07) is -0.0692. The minimum absolute atomic E-state index is 0.0589. The number of amides is 7. The van der Waals surface area contributed by atoms with E-state index in [-0.39, 0.29) is 54.5 Å². The van der Waals surface area contributed by atoms with Crippen molar-refractivity contribution in [3.8, 4) is 0 Å². The number of nitrogens with two attached hydrogens (primary N) is 1. The summed E-state index contributed by atoms with van der Waals surface area (Å²) in [6.07, 6.45) is -1.03. The van der Waals surface area contributed by atoms with Gasteiger partial charge in [-0.15, -0.1) is 11.8 Å². The van der Waals surface area contributed by atoms with Crippen molar-refractivity contribution in [3.05, 3.63) is 41.1 Å². The molecule has 1 aromatic carbocycles. The number of urea groups is 1. The predicted molar refractivity (Wildman–Crippen MR) is 169 cm³/mol. The Morgan fingerprint density at radius 1 is 1.02 bits per heavy atom. The first-order valence-electron chi connectivity index (χ1n) is 14.9. The Morgan fingerprint density at radius 2 is 1.70 bits per heavy atom. The Balaban J connectivity index is 1.53. The summed E-state index contributed by atoms with van der Waals surface area (Å²) in [5.74, 6) is -7.14. The quantitative estimate of drug-likeness (QED) is 0.0805. The fourth-order valence-corrected chi connectivity index (χ4v) is 6.37. The number of benzene rings is 1. The summed E-state index contributed by atoms with van der Waals surface area (Å²) in [5.41, 5.74) is 5.35. The lowest BCUT2D eigenvalue weighted by atomic mass is 10.0. The number of fused-ring (bicyclic) bond motifs is 1. The lowest BCUT2D eigenvalue weighted by Gasteiger charge is -2.49. The number of esters is 1. The molecule has 21 heteroatoms. The van der Waals surface area contributed by atoms with E-state index in [9.17, 15) is 48.3 Å². The van der Waals surface area contributed by atoms with Gasteiger partial charge in [0.25, 0.3) is 5.91 Å². The van der Waals surface area contributed by atoms with Gasteiger partial charge in [-0.3, -0.25) is 43.9 Å². The predicted octanol–water partition coefficient (Wildman–Crippen LogP) is -1.61. The molecule has 0 spiro atoms. The number of hydrogen-bond donors (Lipinski definition) is 6. The van der Waals surface area contributed by atoms with Gasteiger partial charge < -0.3 is 41.0 Å². The second-order valence-electron chi connectivity index (χ2n) is 10.9. The number of β-lactam (4-membered cyclic amide) rings is 1. The maximum Gasteiger partial charge on any atom is 0.411 e. The Bertz CT molecular complexity index is 1650. The van der Waals surface area contributed by atoms with Crippen molar-refractivity contribution in [1.29, 1.82) is 0 Å². The van der Waals surface area contributed by atoms with E-state index in [1.807, 2.05) is 0 Å². The highest BCUT2D eigenvalue weighted by Gasteiger charge is 2.54. The number of nitrogens with zero attached hydrogens (tertiary/aromatic N) is 3. The van der Waals surface area contributed by atoms with Crippen LogP contribution in [-0.2, 0) is 43.0 Å². The van der Waals surface area contributed by atoms with Crippen LogP contribution >= 0.6 is 11.8 Å². The van der Waals surface area contributed by atoms with Crippen molar-refractivity contribution < 1.29 is 62.8 Å². The van der Waals surface area contributed by atoms with E-state index in [0.717, 1.165) is 23.6 Å². The summed E-state index contributed by atoms with van der Waals surface area (Å²) in [6.45, 7) is 1.97. The summed E-state index contributed by atoms with van der Waals surface area (Å²) in [4.78, 5) is 114. The molecule has 0 bridgehead atoms. The molecule has 0 saturated carbocycles. The van der Waals surface area contributed by atoms with Crippen molar-refractivity contribution in [2.24, 2.45) is 5.73 Å². The molecule has 0 unspecified atom stereocenters. The van der Waals surface area contributed by atoms with Gasteiger partial charge in [-0.2, -0.15) is 0 Å². The van der Waals surface area contributed by atoms with Gasteiger partial charge in [0.15, 0.2) is 0 Å². The lowest BCUT2D eigenvalue weighted by Crippen LogP contribution is -2.71. The lowest BCUT2D eigenvalue weighted by molar-refractivity contribution is -0.153. The molecule has 7 amide bonds. The van der Waals surface area contributed by atoms with Crippen LogP contribution in [0.15, 0.2) is 35.5 Å². The Labute approximate surface area is 287 Å². The zero-order valence-electron chi connectivity index (χ0n) is 26.6. The number of piperazine rings is 1. The van der Waals surface area contributed by atoms with E-state index in [0.29, 0.717) is 4.90 Å². The molecule has 2 fully saturated rings. The highest BCUT2D eigenvalue weighted by molar-refractivity contribution is 8.00. The molecular formula is C29H33N7O13S. The SMILES string of the molecule is CCN1CCN(C(=O)N[C@@H](C(=O)N[C@@H]2C(=O)N3C(C(=O)O)=C(COC(C)=O)CS[C@@H]23)c2ccc(NC(=O)OC[C@@H](N)C(=O)O)cc2)C(=O)C1=O. The number of carbonyl (C=O) groups excluding carboxylic acids is 7. The van der Waals surface area contributed by atoms with Crippen LogP contribution in [0.1, 0.15) is 25.5 Å². The van der Waals surface area contributed by atoms with Crippen molar-refractivity contribution >= 4 is 71.1 Å². The molecule has 0 aromatic heterocycles. The number of carboxylic acids is 2. The van der Waals surface area contributed by atoms with Gasteiger partial charge >= 0.3 is 41.8 Å². The van der Waals surface area contributed by atoms with Gasteiger partial charge in [0.1, 0.15) is 42.4 Å². The van der Waals surface area contributed by atoms with E-state index in [4.69, 9.17) is 20.3 Å². The molecule has 3 aliphatic rings. The Morgan fingerprint density at radius 3 is 2.30 bits per heavy atom. The number of anilines is 1. The number of carbonyl (C=O) groups is 9. The minimum atomic E-state index is -1.58. The third kappa shape index (κ3) is 8.11. The van der Waals surface area contributed by atoms with Crippen LogP contribution < -0.4 is 21.7 Å². The van der Waals surface area contributed by atoms with Gasteiger partial charge in [-0.1, -0.05) is 12.1 Å². The second kappa shape index (κ2) is 15.7. The number of likely N-dealkylation sites (N-methyl/N-ethyl adjacent to an activating group) is 1. The number of imide groups is 1. The fraction of sp³-hybridized carbons (Fsp3) is 0.414. The van der Waals surface area contributed by atoms with Gasteiger partial charge in [0.05, 0.1) is 0 Å². The number of carboxylic acid groups (broad SMARTS) is 2. The standard InChI is InChI=1S/C29H33N7O13S/c1-3-34-8-9-35(24(41)23(34)40)28(46)33-18(14-4-6-16(7-5-14)31-29(47)49-11-17(30)26(42)43)21(38)32-19-22(39)36-20(27(44)45)15(10-48-13(2)37)12-50-25(19)36/h4-7,17-19,25H,3,8-12,30H2,1-2H3,(H,31,47)(H,32,38)(H,33,46)(H,42,43)(H,44,45)/t17-,18-,19-,25+/m1/s1. The molecule has 1 aromatic rings. The maximum absolute atomic E-state index is 13.7. The molecule has 0 aliphatic carbocycles. The van der Waals surface area contributed by atoms with Crippen LogP contribution in [0.25, 0.3) is 0 Å². The average Bonchev–Trinajstić information content (AvgIpc) is 3.08. The Hall–Kier alpha value is -5.70. The minimum Gasteiger partial charge on any atom is -0.480 e. The molecule has 4 rings (SSSR count). The van der Waals surface area contributed by atoms with Crippen molar-refractivity contribution in [2.45, 2.75) is 37.3 Å². The monoisotopic (exact) mass is 719 g/mol. The molecule has 3 aliphatic heterocycles. The van der Waals surface area contributed by atoms with Crippen LogP contribution in [0, 0.1) is 0 Å². The third-order valence-corrected chi connectivity index (χ3v) is 9.00. The molecule has 50 heavy (non-hydrogen) atoms. The molecule has 2 saturated heterocycles. The van der Waals surface area contributed by atoms with Crippen LogP contribution in [-0.4, -0.2) is 135 Å². The fourth-order valence-electron chi connectivity index (χ4n) is 5.04. The van der Waals surface area contributed by atoms with E-state index in [1.54, 1.807) is 6.92 Å². The molecular weight excluding hydrogens is 686 g/mol. The summed E-state index contributed by atoms with van der Waals surface area (Å²) >= 11 is 1.11. The molecule has 7 N–H and O–H groups in total. The largest absolute Gasteiger partial charge is 0.480 e. The van der Waals surface area contributed by atoms with Gasteiger partial charge in [-0.05, 0) is 24.6 Å². The van der Waals surface area contributed by atoms with Crippen LogP contribution in [0.5, 0.6) is 0 Å². The number of hydrogen-bond acceptors (Lipinski definition) is 13. The number of aliphatic carboxylic acids is 2. The molecule has 4 atom stereocenters. The number of ether oxygens (including phenoxy) is 2. The van der Waals surface area contributed by atoms with Crippen LogP contribution in [0.4, 0.5) is 15.3 Å². The van der Waals surface area contributed by atoms with Crippen molar-refractivity contribution in [3.63, 3.8) is 0 Å². The first-order valence-corrected chi connectivity index (χ1v) is 16.0. The van der Waals surface area contributed by atoms with Gasteiger partial charge in [0, 0.05) is 43.6 Å². The van der Waals surface area contributed by atoms with Crippen molar-refractivity contribution in [1.82, 2.24) is 25.3 Å². The zero-order valence-corrected chi connectivity index (χ0v) is 27.4. The van der Waals surface area contributed by atoms with Gasteiger partial charge in [-0.25, -0.2) is 14.4 Å². The number of nitrogens with one attached hydrogen (secondary N) is 3. The zero-order chi connectivity index (χ0) is 36.9. The summed E-state index contributed by atoms with van der Waals surface area (Å²) < 4.78 is 9.68. The van der Waals surface area contributed by atoms with E-state index in [1.165, 1.54) is 29.2 Å². The smallest absolute Gasteiger partial charge is 0.411 e. The normalized spacial score (nSPS) is 19.8. The summed E-state index contributed by atoms with van der Waals surface area (Å²) in [7, 11) is 0. The third-order valence-electron chi connectivity index (χ3n) is 7.66. The maximum atomic E-state index is 13.7. The summed E-state index contributed by atoms with van der Waals surface area (Å²) in [5, 5.41) is 25.1. The first-order chi connectivity index (χ1) is 23.6. The molecule has 0 radical (unpaired) electrons. The van der Waals surface area contributed by atoms with E-state index < -0.39 is 83.8 Å². The number of thioether (sulfide) groups is 1. The average molecular weight is 720 g/mol. The van der Waals surface area contributed by atoms with Crippen LogP contribution in [0.3, 0.4) is 0 Å². The molecule has 268 valence electrons. The van der Waals surface area contributed by atoms with E-state index >= 15 is 0 Å². The molecule has 3 heterocycles. The molecule has 20 nitrogen and oxygen atoms in total. The first kappa shape index (κ1) is 37.1. The topological polar surface area (TPSA) is 284 Å². The van der Waals surface area contributed by atoms with Crippen LogP contribution in [0.2, 0.25) is 0 Å². The Kier molecular flexibility index (Phi) is 11.6. The number of rotatable bonds is 12. The highest BCUT2D eigenvalue weighted by Crippen LogP contribution is 2.40. The van der Waals surface area contributed by atoms with Crippen molar-refractivity contribution in [2.75, 3.05) is 43.9 Å². The van der Waals surface area contributed by atoms with E-state index in [2.05, 4.69) is 16.0 Å².